The molecule has 0 saturated heterocycles. The standard InChI is InChI=1S/C20H21NO5Se/c1-22-15-7-6-12(8-16(15)23-2)20-14(11-21-27-20)13-9-17(24-3)19(26-5)18(10-13)25-4/h6-11H,1-5H3. The second-order valence-electron chi connectivity index (χ2n) is 5.55. The van der Waals surface area contributed by atoms with Gasteiger partial charge in [0, 0.05) is 0 Å². The van der Waals surface area contributed by atoms with E-state index in [2.05, 4.69) is 3.98 Å². The van der Waals surface area contributed by atoms with Crippen molar-refractivity contribution in [1.29, 1.82) is 0 Å². The van der Waals surface area contributed by atoms with Gasteiger partial charge in [0.2, 0.25) is 0 Å². The van der Waals surface area contributed by atoms with Gasteiger partial charge in [0.15, 0.2) is 0 Å². The summed E-state index contributed by atoms with van der Waals surface area (Å²) in [5, 5.41) is 0. The van der Waals surface area contributed by atoms with Crippen molar-refractivity contribution in [3.8, 4) is 49.9 Å². The van der Waals surface area contributed by atoms with E-state index in [-0.39, 0.29) is 14.7 Å². The van der Waals surface area contributed by atoms with Gasteiger partial charge in [-0.2, -0.15) is 0 Å². The summed E-state index contributed by atoms with van der Waals surface area (Å²) in [5.74, 6) is 3.17. The molecule has 0 N–H and O–H groups in total. The fourth-order valence-corrected chi connectivity index (χ4v) is 4.47. The minimum atomic E-state index is -0.0324. The summed E-state index contributed by atoms with van der Waals surface area (Å²) in [5.41, 5.74) is 3.03. The molecule has 1 aromatic heterocycles. The number of rotatable bonds is 7. The fourth-order valence-electron chi connectivity index (χ4n) is 2.87. The van der Waals surface area contributed by atoms with Crippen molar-refractivity contribution >= 4 is 14.7 Å². The summed E-state index contributed by atoms with van der Waals surface area (Å²) in [6, 6.07) is 9.77. The van der Waals surface area contributed by atoms with Crippen molar-refractivity contribution in [2.45, 2.75) is 0 Å². The van der Waals surface area contributed by atoms with Crippen LogP contribution in [-0.2, 0) is 0 Å². The molecule has 0 aliphatic carbocycles. The van der Waals surface area contributed by atoms with Gasteiger partial charge < -0.3 is 0 Å². The molecule has 1 heterocycles. The third kappa shape index (κ3) is 3.61. The van der Waals surface area contributed by atoms with Crippen LogP contribution in [0.4, 0.5) is 0 Å². The third-order valence-corrected chi connectivity index (χ3v) is 5.97. The predicted octanol–water partition coefficient (Wildman–Crippen LogP) is 3.52. The first-order valence-electron chi connectivity index (χ1n) is 8.14. The van der Waals surface area contributed by atoms with Crippen LogP contribution >= 0.6 is 0 Å². The molecule has 0 fully saturated rings. The van der Waals surface area contributed by atoms with E-state index in [1.54, 1.807) is 35.5 Å². The molecule has 0 atom stereocenters. The van der Waals surface area contributed by atoms with Crippen molar-refractivity contribution < 1.29 is 23.7 Å². The van der Waals surface area contributed by atoms with E-state index in [0.29, 0.717) is 28.7 Å². The zero-order chi connectivity index (χ0) is 19.4. The molecule has 0 saturated carbocycles. The van der Waals surface area contributed by atoms with E-state index >= 15 is 0 Å². The van der Waals surface area contributed by atoms with Crippen LogP contribution < -0.4 is 23.7 Å². The van der Waals surface area contributed by atoms with E-state index in [1.807, 2.05) is 36.5 Å². The molecule has 0 unspecified atom stereocenters. The van der Waals surface area contributed by atoms with Crippen molar-refractivity contribution in [1.82, 2.24) is 3.98 Å². The Labute approximate surface area is 164 Å². The van der Waals surface area contributed by atoms with Crippen molar-refractivity contribution in [2.24, 2.45) is 0 Å². The molecular formula is C20H21NO5Se. The Morgan fingerprint density at radius 3 is 1.81 bits per heavy atom. The zero-order valence-electron chi connectivity index (χ0n) is 15.9. The van der Waals surface area contributed by atoms with Crippen LogP contribution in [0, 0.1) is 0 Å². The summed E-state index contributed by atoms with van der Waals surface area (Å²) in [7, 11) is 8.07. The Balaban J connectivity index is 2.13. The molecule has 0 aliphatic heterocycles. The molecule has 7 heteroatoms. The maximum atomic E-state index is 5.48. The molecule has 0 spiro atoms. The second-order valence-corrected chi connectivity index (χ2v) is 7.23. The normalized spacial score (nSPS) is 10.4. The van der Waals surface area contributed by atoms with Crippen LogP contribution in [0.15, 0.2) is 36.5 Å². The van der Waals surface area contributed by atoms with Gasteiger partial charge in [0.05, 0.1) is 0 Å². The number of methoxy groups -OCH3 is 5. The Morgan fingerprint density at radius 1 is 0.667 bits per heavy atom. The number of nitrogens with zero attached hydrogens (tertiary/aromatic N) is 1. The molecule has 27 heavy (non-hydrogen) atoms. The van der Waals surface area contributed by atoms with Gasteiger partial charge in [0.1, 0.15) is 0 Å². The Hall–Kier alpha value is -2.63. The van der Waals surface area contributed by atoms with Gasteiger partial charge in [-0.25, -0.2) is 0 Å². The van der Waals surface area contributed by atoms with Gasteiger partial charge in [-0.15, -0.1) is 0 Å². The maximum absolute atomic E-state index is 5.48. The topological polar surface area (TPSA) is 59.0 Å². The average molecular weight is 434 g/mol. The summed E-state index contributed by atoms with van der Waals surface area (Å²) in [6.07, 6.45) is 1.90. The van der Waals surface area contributed by atoms with Gasteiger partial charge in [-0.1, -0.05) is 0 Å². The molecule has 0 bridgehead atoms. The van der Waals surface area contributed by atoms with Crippen LogP contribution in [0.2, 0.25) is 0 Å². The average Bonchev–Trinajstić information content (AvgIpc) is 3.21. The first-order valence-corrected chi connectivity index (χ1v) is 9.76. The van der Waals surface area contributed by atoms with E-state index in [0.717, 1.165) is 21.1 Å². The van der Waals surface area contributed by atoms with Crippen molar-refractivity contribution in [3.05, 3.63) is 36.5 Å². The van der Waals surface area contributed by atoms with Gasteiger partial charge in [-0.3, -0.25) is 0 Å². The summed E-state index contributed by atoms with van der Waals surface area (Å²) in [6.45, 7) is 0. The van der Waals surface area contributed by atoms with Crippen LogP contribution in [0.5, 0.6) is 28.7 Å². The van der Waals surface area contributed by atoms with E-state index in [1.165, 1.54) is 0 Å². The van der Waals surface area contributed by atoms with E-state index < -0.39 is 0 Å². The molecule has 3 aromatic rings. The molecule has 0 aliphatic rings. The SMILES string of the molecule is COc1ccc(-c2[se]ncc2-c2cc(OC)c(OC)c(OC)c2)cc1OC. The molecular weight excluding hydrogens is 413 g/mol. The number of hydrogen-bond acceptors (Lipinski definition) is 6. The molecule has 6 nitrogen and oxygen atoms in total. The monoisotopic (exact) mass is 435 g/mol. The number of hydrogen-bond donors (Lipinski definition) is 0. The van der Waals surface area contributed by atoms with Crippen LogP contribution in [0.25, 0.3) is 21.1 Å². The fraction of sp³-hybridized carbons (Fsp3) is 0.250. The zero-order valence-corrected chi connectivity index (χ0v) is 17.6. The summed E-state index contributed by atoms with van der Waals surface area (Å²) < 4.78 is 32.8. The molecule has 0 amide bonds. The third-order valence-electron chi connectivity index (χ3n) is 4.19. The second kappa shape index (κ2) is 8.37. The number of ether oxygens (including phenoxy) is 5. The molecule has 142 valence electrons. The minimum absolute atomic E-state index is 0.0324. The van der Waals surface area contributed by atoms with Gasteiger partial charge in [0.25, 0.3) is 0 Å². The van der Waals surface area contributed by atoms with Crippen LogP contribution in [-0.4, -0.2) is 54.3 Å². The van der Waals surface area contributed by atoms with Crippen LogP contribution in [0.3, 0.4) is 0 Å². The molecule has 3 rings (SSSR count). The Morgan fingerprint density at radius 2 is 1.26 bits per heavy atom. The van der Waals surface area contributed by atoms with E-state index in [9.17, 15) is 0 Å². The quantitative estimate of drug-likeness (QED) is 0.531. The van der Waals surface area contributed by atoms with Crippen molar-refractivity contribution in [3.63, 3.8) is 0 Å². The number of aromatic nitrogens is 1. The molecule has 0 radical (unpaired) electrons. The molecule has 2 aromatic carbocycles. The van der Waals surface area contributed by atoms with Crippen molar-refractivity contribution in [2.75, 3.05) is 35.5 Å². The van der Waals surface area contributed by atoms with E-state index in [4.69, 9.17) is 23.7 Å². The predicted molar refractivity (Wildman–Crippen MR) is 105 cm³/mol. The van der Waals surface area contributed by atoms with Gasteiger partial charge >= 0.3 is 164 Å². The van der Waals surface area contributed by atoms with Crippen LogP contribution in [0.1, 0.15) is 0 Å². The number of benzene rings is 2. The Kier molecular flexibility index (Phi) is 5.94. The summed E-state index contributed by atoms with van der Waals surface area (Å²) >= 11 is -0.0324. The first kappa shape index (κ1) is 19.1. The van der Waals surface area contributed by atoms with Gasteiger partial charge in [-0.05, 0) is 0 Å². The first-order chi connectivity index (χ1) is 13.2. The Bertz CT molecular complexity index is 913. The summed E-state index contributed by atoms with van der Waals surface area (Å²) in [4.78, 5) is 0.